The monoisotopic (exact) mass is 360 g/mol. The molecule has 0 heterocycles. The van der Waals surface area contributed by atoms with E-state index in [1.165, 1.54) is 31.9 Å². The fraction of sp³-hybridized carbons (Fsp3) is 0.278. The number of fused-ring (bicyclic) bond motifs is 1. The molecule has 0 saturated carbocycles. The lowest BCUT2D eigenvalue weighted by molar-refractivity contribution is 0.0936. The molecule has 3 rings (SSSR count). The Balaban J connectivity index is 1.87. The first-order valence-corrected chi connectivity index (χ1v) is 9.45. The summed E-state index contributed by atoms with van der Waals surface area (Å²) < 4.78 is 31.6. The van der Waals surface area contributed by atoms with Crippen molar-refractivity contribution in [3.05, 3.63) is 59.2 Å². The first-order valence-electron chi connectivity index (χ1n) is 7.96. The van der Waals surface area contributed by atoms with Crippen LogP contribution in [0, 0.1) is 0 Å². The van der Waals surface area contributed by atoms with Crippen molar-refractivity contribution in [2.24, 2.45) is 0 Å². The molecule has 0 saturated heterocycles. The van der Waals surface area contributed by atoms with Crippen LogP contribution in [-0.4, -0.2) is 28.5 Å². The number of hydrogen-bond acceptors (Lipinski definition) is 4. The Labute approximate surface area is 147 Å². The van der Waals surface area contributed by atoms with E-state index in [2.05, 4.69) is 16.1 Å². The number of ether oxygens (including phenoxy) is 1. The Kier molecular flexibility index (Phi) is 4.78. The molecule has 1 aliphatic rings. The highest BCUT2D eigenvalue weighted by Crippen LogP contribution is 2.31. The van der Waals surface area contributed by atoms with Crippen LogP contribution in [0.2, 0.25) is 0 Å². The average Bonchev–Trinajstić information content (AvgIpc) is 3.04. The van der Waals surface area contributed by atoms with E-state index in [1.807, 2.05) is 18.2 Å². The molecule has 132 valence electrons. The summed E-state index contributed by atoms with van der Waals surface area (Å²) in [5.74, 6) is -0.117. The molecule has 0 aliphatic heterocycles. The van der Waals surface area contributed by atoms with Crippen LogP contribution in [0.15, 0.2) is 47.4 Å². The van der Waals surface area contributed by atoms with Gasteiger partial charge in [-0.05, 0) is 49.2 Å². The van der Waals surface area contributed by atoms with Crippen LogP contribution >= 0.6 is 0 Å². The highest BCUT2D eigenvalue weighted by atomic mass is 32.2. The molecule has 6 nitrogen and oxygen atoms in total. The van der Waals surface area contributed by atoms with E-state index in [-0.39, 0.29) is 28.2 Å². The van der Waals surface area contributed by atoms with Gasteiger partial charge in [0.1, 0.15) is 10.6 Å². The molecular formula is C18H20N2O4S. The van der Waals surface area contributed by atoms with Gasteiger partial charge >= 0.3 is 0 Å². The van der Waals surface area contributed by atoms with Gasteiger partial charge in [-0.2, -0.15) is 0 Å². The van der Waals surface area contributed by atoms with Gasteiger partial charge in [0, 0.05) is 5.56 Å². The third-order valence-electron chi connectivity index (χ3n) is 4.42. The molecule has 0 radical (unpaired) electrons. The van der Waals surface area contributed by atoms with Crippen molar-refractivity contribution in [1.82, 2.24) is 10.0 Å². The van der Waals surface area contributed by atoms with Gasteiger partial charge in [0.2, 0.25) is 10.0 Å². The van der Waals surface area contributed by atoms with Crippen LogP contribution in [0.25, 0.3) is 0 Å². The van der Waals surface area contributed by atoms with E-state index in [0.717, 1.165) is 18.4 Å². The summed E-state index contributed by atoms with van der Waals surface area (Å²) in [5.41, 5.74) is 2.63. The predicted octanol–water partition coefficient (Wildman–Crippen LogP) is 2.02. The number of hydrogen-bond donors (Lipinski definition) is 2. The lowest BCUT2D eigenvalue weighted by Crippen LogP contribution is -2.27. The molecule has 2 aromatic carbocycles. The normalized spacial score (nSPS) is 16.3. The quantitative estimate of drug-likeness (QED) is 0.854. The van der Waals surface area contributed by atoms with Gasteiger partial charge in [-0.25, -0.2) is 13.1 Å². The summed E-state index contributed by atoms with van der Waals surface area (Å²) in [5, 5.41) is 2.99. The van der Waals surface area contributed by atoms with Crippen LogP contribution in [0.3, 0.4) is 0 Å². The molecule has 0 aromatic heterocycles. The summed E-state index contributed by atoms with van der Waals surface area (Å²) in [6, 6.07) is 12.3. The number of aryl methyl sites for hydroxylation is 1. The number of sulfonamides is 1. The van der Waals surface area contributed by atoms with Crippen LogP contribution in [-0.2, 0) is 16.4 Å². The highest BCUT2D eigenvalue weighted by molar-refractivity contribution is 7.89. The summed E-state index contributed by atoms with van der Waals surface area (Å²) in [6.45, 7) is 0. The van der Waals surface area contributed by atoms with Gasteiger partial charge < -0.3 is 10.1 Å². The standard InChI is InChI=1S/C18H20N2O4S/c1-19-25(22,23)17-11-13(8-10-16(17)24-2)18(21)20-15-9-7-12-5-3-4-6-14(12)15/h3-6,8,10-11,15,19H,7,9H2,1-2H3,(H,20,21). The molecule has 1 amide bonds. The zero-order valence-corrected chi connectivity index (χ0v) is 14.9. The third-order valence-corrected chi connectivity index (χ3v) is 5.86. The zero-order chi connectivity index (χ0) is 18.0. The van der Waals surface area contributed by atoms with E-state index in [1.54, 1.807) is 6.07 Å². The Bertz CT molecular complexity index is 909. The Morgan fingerprint density at radius 1 is 1.20 bits per heavy atom. The molecule has 2 aromatic rings. The molecule has 0 spiro atoms. The molecule has 1 aliphatic carbocycles. The summed E-state index contributed by atoms with van der Waals surface area (Å²) in [4.78, 5) is 12.6. The second-order valence-electron chi connectivity index (χ2n) is 5.84. The minimum absolute atomic E-state index is 0.0584. The van der Waals surface area contributed by atoms with Crippen molar-refractivity contribution in [1.29, 1.82) is 0 Å². The summed E-state index contributed by atoms with van der Waals surface area (Å²) in [6.07, 6.45) is 1.76. The summed E-state index contributed by atoms with van der Waals surface area (Å²) >= 11 is 0. The number of nitrogens with one attached hydrogen (secondary N) is 2. The topological polar surface area (TPSA) is 84.5 Å². The van der Waals surface area contributed by atoms with Crippen molar-refractivity contribution in [2.45, 2.75) is 23.8 Å². The van der Waals surface area contributed by atoms with Crippen molar-refractivity contribution < 1.29 is 17.9 Å². The van der Waals surface area contributed by atoms with Crippen LogP contribution in [0.5, 0.6) is 5.75 Å². The van der Waals surface area contributed by atoms with Crippen molar-refractivity contribution >= 4 is 15.9 Å². The maximum absolute atomic E-state index is 12.6. The van der Waals surface area contributed by atoms with Crippen LogP contribution < -0.4 is 14.8 Å². The summed E-state index contributed by atoms with van der Waals surface area (Å²) in [7, 11) is -1.02. The molecule has 25 heavy (non-hydrogen) atoms. The number of carbonyl (C=O) groups is 1. The van der Waals surface area contributed by atoms with E-state index < -0.39 is 10.0 Å². The zero-order valence-electron chi connectivity index (χ0n) is 14.1. The van der Waals surface area contributed by atoms with Gasteiger partial charge in [0.25, 0.3) is 5.91 Å². The maximum atomic E-state index is 12.6. The minimum Gasteiger partial charge on any atom is -0.495 e. The number of benzene rings is 2. The molecule has 1 atom stereocenters. The number of amides is 1. The molecule has 7 heteroatoms. The largest absolute Gasteiger partial charge is 0.495 e. The van der Waals surface area contributed by atoms with Crippen molar-refractivity contribution in [2.75, 3.05) is 14.2 Å². The average molecular weight is 360 g/mol. The van der Waals surface area contributed by atoms with Crippen molar-refractivity contribution in [3.8, 4) is 5.75 Å². The number of methoxy groups -OCH3 is 1. The van der Waals surface area contributed by atoms with E-state index >= 15 is 0 Å². The SMILES string of the molecule is CNS(=O)(=O)c1cc(C(=O)NC2CCc3ccccc32)ccc1OC. The predicted molar refractivity (Wildman–Crippen MR) is 94.2 cm³/mol. The lowest BCUT2D eigenvalue weighted by atomic mass is 10.1. The highest BCUT2D eigenvalue weighted by Gasteiger charge is 2.25. The number of rotatable bonds is 5. The molecule has 1 unspecified atom stereocenters. The van der Waals surface area contributed by atoms with E-state index in [0.29, 0.717) is 0 Å². The fourth-order valence-corrected chi connectivity index (χ4v) is 4.00. The fourth-order valence-electron chi connectivity index (χ4n) is 3.09. The molecule has 0 fully saturated rings. The minimum atomic E-state index is -3.73. The van der Waals surface area contributed by atoms with Crippen LogP contribution in [0.4, 0.5) is 0 Å². The molecule has 2 N–H and O–H groups in total. The van der Waals surface area contributed by atoms with E-state index in [9.17, 15) is 13.2 Å². The Hall–Kier alpha value is -2.38. The van der Waals surface area contributed by atoms with Crippen LogP contribution in [0.1, 0.15) is 33.9 Å². The second-order valence-corrected chi connectivity index (χ2v) is 7.69. The number of carbonyl (C=O) groups excluding carboxylic acids is 1. The third kappa shape index (κ3) is 3.38. The van der Waals surface area contributed by atoms with Gasteiger partial charge in [-0.1, -0.05) is 24.3 Å². The van der Waals surface area contributed by atoms with Gasteiger partial charge in [-0.15, -0.1) is 0 Å². The molecular weight excluding hydrogens is 340 g/mol. The second kappa shape index (κ2) is 6.85. The molecule has 0 bridgehead atoms. The Morgan fingerprint density at radius 3 is 2.68 bits per heavy atom. The van der Waals surface area contributed by atoms with E-state index in [4.69, 9.17) is 4.74 Å². The lowest BCUT2D eigenvalue weighted by Gasteiger charge is -2.15. The van der Waals surface area contributed by atoms with Gasteiger partial charge in [-0.3, -0.25) is 4.79 Å². The van der Waals surface area contributed by atoms with Gasteiger partial charge in [0.15, 0.2) is 0 Å². The first kappa shape index (κ1) is 17.4. The van der Waals surface area contributed by atoms with Gasteiger partial charge in [0.05, 0.1) is 13.2 Å². The smallest absolute Gasteiger partial charge is 0.251 e. The van der Waals surface area contributed by atoms with Crippen molar-refractivity contribution in [3.63, 3.8) is 0 Å². The maximum Gasteiger partial charge on any atom is 0.251 e. The first-order chi connectivity index (χ1) is 12.0. The Morgan fingerprint density at radius 2 is 1.96 bits per heavy atom.